The first-order chi connectivity index (χ1) is 8.49. The number of aryl methyl sites for hydroxylation is 4. The zero-order valence-electron chi connectivity index (χ0n) is 10.9. The van der Waals surface area contributed by atoms with Crippen molar-refractivity contribution in [1.82, 2.24) is 10.1 Å². The molecule has 2 rings (SSSR count). The van der Waals surface area contributed by atoms with Crippen molar-refractivity contribution < 1.29 is 9.32 Å². The summed E-state index contributed by atoms with van der Waals surface area (Å²) in [4.78, 5) is 16.4. The molecular weight excluding hydrogens is 230 g/mol. The largest absolute Gasteiger partial charge is 0.359 e. The summed E-state index contributed by atoms with van der Waals surface area (Å²) in [7, 11) is 0. The third kappa shape index (κ3) is 2.25. The van der Waals surface area contributed by atoms with E-state index in [1.165, 1.54) is 0 Å². The molecule has 0 saturated carbocycles. The van der Waals surface area contributed by atoms with Gasteiger partial charge in [-0.1, -0.05) is 5.16 Å². The van der Waals surface area contributed by atoms with Crippen LogP contribution in [0.3, 0.4) is 0 Å². The topological polar surface area (TPSA) is 68.0 Å². The molecule has 0 fully saturated rings. The maximum atomic E-state index is 12.1. The summed E-state index contributed by atoms with van der Waals surface area (Å²) in [6.45, 7) is 7.25. The van der Waals surface area contributed by atoms with Gasteiger partial charge in [0, 0.05) is 5.69 Å². The molecule has 0 unspecified atom stereocenters. The molecule has 0 bridgehead atoms. The second kappa shape index (κ2) is 4.60. The summed E-state index contributed by atoms with van der Waals surface area (Å²) in [5, 5.41) is 6.59. The van der Waals surface area contributed by atoms with Gasteiger partial charge in [-0.2, -0.15) is 0 Å². The van der Waals surface area contributed by atoms with Gasteiger partial charge in [0.05, 0.1) is 11.3 Å². The summed E-state index contributed by atoms with van der Waals surface area (Å²) in [5.41, 5.74) is 3.44. The van der Waals surface area contributed by atoms with Gasteiger partial charge in [0.15, 0.2) is 5.76 Å². The van der Waals surface area contributed by atoms with E-state index in [2.05, 4.69) is 15.5 Å². The predicted octanol–water partition coefficient (Wildman–Crippen LogP) is 2.56. The summed E-state index contributed by atoms with van der Waals surface area (Å²) in [6.07, 6.45) is 0. The molecule has 0 aliphatic rings. The van der Waals surface area contributed by atoms with E-state index in [0.717, 1.165) is 5.69 Å². The van der Waals surface area contributed by atoms with Crippen LogP contribution >= 0.6 is 0 Å². The predicted molar refractivity (Wildman–Crippen MR) is 67.6 cm³/mol. The van der Waals surface area contributed by atoms with Gasteiger partial charge < -0.3 is 9.84 Å². The highest BCUT2D eigenvalue weighted by Crippen LogP contribution is 2.20. The monoisotopic (exact) mass is 245 g/mol. The Morgan fingerprint density at radius 2 is 1.89 bits per heavy atom. The highest BCUT2D eigenvalue weighted by atomic mass is 16.5. The molecule has 2 heterocycles. The van der Waals surface area contributed by atoms with E-state index in [0.29, 0.717) is 28.4 Å². The molecule has 18 heavy (non-hydrogen) atoms. The van der Waals surface area contributed by atoms with Crippen LogP contribution in [0.1, 0.15) is 33.2 Å². The molecule has 0 aliphatic carbocycles. The Hall–Kier alpha value is -2.17. The Kier molecular flexibility index (Phi) is 3.14. The lowest BCUT2D eigenvalue weighted by atomic mass is 10.1. The first kappa shape index (κ1) is 12.3. The molecule has 2 aromatic heterocycles. The third-order valence-corrected chi connectivity index (χ3v) is 2.74. The smallest absolute Gasteiger partial charge is 0.257 e. The van der Waals surface area contributed by atoms with Crippen molar-refractivity contribution in [2.24, 2.45) is 0 Å². The molecule has 94 valence electrons. The number of nitrogens with one attached hydrogen (secondary N) is 1. The lowest BCUT2D eigenvalue weighted by molar-refractivity contribution is 0.102. The summed E-state index contributed by atoms with van der Waals surface area (Å²) < 4.78 is 5.00. The summed E-state index contributed by atoms with van der Waals surface area (Å²) in [6, 6.07) is 3.58. The van der Waals surface area contributed by atoms with Crippen LogP contribution in [0.5, 0.6) is 0 Å². The Balaban J connectivity index is 2.28. The fourth-order valence-electron chi connectivity index (χ4n) is 1.77. The van der Waals surface area contributed by atoms with Crippen molar-refractivity contribution in [3.63, 3.8) is 0 Å². The van der Waals surface area contributed by atoms with E-state index < -0.39 is 0 Å². The number of pyridine rings is 1. The molecular formula is C13H15N3O2. The molecule has 5 heteroatoms. The van der Waals surface area contributed by atoms with Crippen molar-refractivity contribution in [3.8, 4) is 0 Å². The molecule has 0 saturated heterocycles. The maximum absolute atomic E-state index is 12.1. The summed E-state index contributed by atoms with van der Waals surface area (Å²) >= 11 is 0. The van der Waals surface area contributed by atoms with Crippen LogP contribution in [0.25, 0.3) is 0 Å². The standard InChI is InChI=1S/C13H15N3O2/c1-7-5-6-11(8(2)14-7)13(17)15-12-9(3)16-18-10(12)4/h5-6H,1-4H3,(H,15,17). The fraction of sp³-hybridized carbons (Fsp3) is 0.308. The Bertz CT molecular complexity index is 583. The van der Waals surface area contributed by atoms with Gasteiger partial charge in [0.1, 0.15) is 11.4 Å². The van der Waals surface area contributed by atoms with Crippen LogP contribution in [-0.2, 0) is 0 Å². The second-order valence-electron chi connectivity index (χ2n) is 4.24. The van der Waals surface area contributed by atoms with Crippen LogP contribution in [-0.4, -0.2) is 16.0 Å². The number of carbonyl (C=O) groups excluding carboxylic acids is 1. The van der Waals surface area contributed by atoms with Crippen molar-refractivity contribution in [1.29, 1.82) is 0 Å². The van der Waals surface area contributed by atoms with Crippen molar-refractivity contribution >= 4 is 11.6 Å². The van der Waals surface area contributed by atoms with E-state index >= 15 is 0 Å². The average molecular weight is 245 g/mol. The van der Waals surface area contributed by atoms with Crippen LogP contribution in [0.15, 0.2) is 16.7 Å². The van der Waals surface area contributed by atoms with Gasteiger partial charge in [-0.3, -0.25) is 9.78 Å². The molecule has 5 nitrogen and oxygen atoms in total. The highest BCUT2D eigenvalue weighted by molar-refractivity contribution is 6.05. The number of amides is 1. The van der Waals surface area contributed by atoms with Crippen LogP contribution < -0.4 is 5.32 Å². The molecule has 0 radical (unpaired) electrons. The van der Waals surface area contributed by atoms with Gasteiger partial charge >= 0.3 is 0 Å². The highest BCUT2D eigenvalue weighted by Gasteiger charge is 2.15. The zero-order valence-corrected chi connectivity index (χ0v) is 10.9. The van der Waals surface area contributed by atoms with E-state index in [4.69, 9.17) is 4.52 Å². The minimum atomic E-state index is -0.200. The molecule has 1 amide bonds. The maximum Gasteiger partial charge on any atom is 0.257 e. The lowest BCUT2D eigenvalue weighted by Crippen LogP contribution is -2.15. The normalized spacial score (nSPS) is 10.4. The van der Waals surface area contributed by atoms with Crippen molar-refractivity contribution in [2.45, 2.75) is 27.7 Å². The number of rotatable bonds is 2. The Morgan fingerprint density at radius 3 is 2.44 bits per heavy atom. The quantitative estimate of drug-likeness (QED) is 0.882. The average Bonchev–Trinajstić information content (AvgIpc) is 2.60. The fourth-order valence-corrected chi connectivity index (χ4v) is 1.77. The van der Waals surface area contributed by atoms with Crippen LogP contribution in [0.4, 0.5) is 5.69 Å². The van der Waals surface area contributed by atoms with Gasteiger partial charge in [-0.25, -0.2) is 0 Å². The minimum absolute atomic E-state index is 0.200. The first-order valence-corrected chi connectivity index (χ1v) is 5.67. The van der Waals surface area contributed by atoms with E-state index in [9.17, 15) is 4.79 Å². The van der Waals surface area contributed by atoms with Gasteiger partial charge in [0.2, 0.25) is 0 Å². The van der Waals surface area contributed by atoms with Crippen molar-refractivity contribution in [2.75, 3.05) is 5.32 Å². The Labute approximate surface area is 105 Å². The number of hydrogen-bond donors (Lipinski definition) is 1. The number of anilines is 1. The molecule has 1 N–H and O–H groups in total. The molecule has 0 spiro atoms. The molecule has 0 aliphatic heterocycles. The molecule has 2 aromatic rings. The van der Waals surface area contributed by atoms with Crippen LogP contribution in [0, 0.1) is 27.7 Å². The van der Waals surface area contributed by atoms with Gasteiger partial charge in [0.25, 0.3) is 5.91 Å². The first-order valence-electron chi connectivity index (χ1n) is 5.67. The number of aromatic nitrogens is 2. The van der Waals surface area contributed by atoms with Gasteiger partial charge in [-0.15, -0.1) is 0 Å². The van der Waals surface area contributed by atoms with E-state index in [-0.39, 0.29) is 5.91 Å². The molecule has 0 aromatic carbocycles. The zero-order chi connectivity index (χ0) is 13.3. The minimum Gasteiger partial charge on any atom is -0.359 e. The Morgan fingerprint density at radius 1 is 1.17 bits per heavy atom. The van der Waals surface area contributed by atoms with E-state index in [1.807, 2.05) is 19.9 Å². The van der Waals surface area contributed by atoms with Gasteiger partial charge in [-0.05, 0) is 39.8 Å². The van der Waals surface area contributed by atoms with E-state index in [1.54, 1.807) is 19.9 Å². The van der Waals surface area contributed by atoms with Crippen molar-refractivity contribution in [3.05, 3.63) is 40.5 Å². The number of carbonyl (C=O) groups is 1. The third-order valence-electron chi connectivity index (χ3n) is 2.74. The second-order valence-corrected chi connectivity index (χ2v) is 4.24. The number of hydrogen-bond acceptors (Lipinski definition) is 4. The number of nitrogens with zero attached hydrogens (tertiary/aromatic N) is 2. The van der Waals surface area contributed by atoms with Crippen LogP contribution in [0.2, 0.25) is 0 Å². The molecule has 0 atom stereocenters. The SMILES string of the molecule is Cc1ccc(C(=O)Nc2c(C)noc2C)c(C)n1. The summed E-state index contributed by atoms with van der Waals surface area (Å²) in [5.74, 6) is 0.396. The lowest BCUT2D eigenvalue weighted by Gasteiger charge is -2.07.